The smallest absolute Gasteiger partial charge is 0.212 e. The first-order valence-corrected chi connectivity index (χ1v) is 7.73. The molecule has 2 aromatic carbocycles. The molecule has 0 N–H and O–H groups in total. The van der Waals surface area contributed by atoms with Gasteiger partial charge in [0.15, 0.2) is 12.7 Å². The summed E-state index contributed by atoms with van der Waals surface area (Å²) in [5.41, 5.74) is 4.02. The van der Waals surface area contributed by atoms with Gasteiger partial charge in [-0.25, -0.2) is 0 Å². The van der Waals surface area contributed by atoms with Crippen molar-refractivity contribution in [3.8, 4) is 0 Å². The van der Waals surface area contributed by atoms with Gasteiger partial charge in [-0.15, -0.1) is 0 Å². The maximum atomic E-state index is 2.34. The number of aromatic nitrogens is 2. The summed E-state index contributed by atoms with van der Waals surface area (Å²) < 4.78 is 4.57. The van der Waals surface area contributed by atoms with Crippen molar-refractivity contribution in [1.29, 1.82) is 0 Å². The van der Waals surface area contributed by atoms with E-state index in [0.29, 0.717) is 0 Å². The van der Waals surface area contributed by atoms with Crippen LogP contribution in [-0.2, 0) is 20.0 Å². The summed E-state index contributed by atoms with van der Waals surface area (Å²) in [5, 5.41) is 2.66. The zero-order chi connectivity index (χ0) is 14.9. The fourth-order valence-electron chi connectivity index (χ4n) is 3.28. The SMILES string of the molecule is Cn1cc(CC[n+]2cccc3ccccc32)c2ccccc21. The third-order valence-electron chi connectivity index (χ3n) is 4.39. The van der Waals surface area contributed by atoms with E-state index in [9.17, 15) is 0 Å². The Balaban J connectivity index is 1.69. The van der Waals surface area contributed by atoms with Crippen molar-refractivity contribution < 1.29 is 4.57 Å². The number of nitrogens with zero attached hydrogens (tertiary/aromatic N) is 2. The molecule has 2 heteroatoms. The molecule has 0 unspecified atom stereocenters. The summed E-state index contributed by atoms with van der Waals surface area (Å²) in [6.45, 7) is 0.995. The Kier molecular flexibility index (Phi) is 3.15. The van der Waals surface area contributed by atoms with Crippen molar-refractivity contribution in [1.82, 2.24) is 4.57 Å². The first kappa shape index (κ1) is 13.1. The first-order valence-electron chi connectivity index (χ1n) is 7.73. The number of hydrogen-bond donors (Lipinski definition) is 0. The summed E-state index contributed by atoms with van der Waals surface area (Å²) in [7, 11) is 2.12. The minimum absolute atomic E-state index is 0.995. The van der Waals surface area contributed by atoms with Crippen LogP contribution in [0.2, 0.25) is 0 Å². The minimum atomic E-state index is 0.995. The highest BCUT2D eigenvalue weighted by atomic mass is 14.9. The number of para-hydroxylation sites is 2. The molecule has 0 saturated carbocycles. The second kappa shape index (κ2) is 5.30. The molecule has 108 valence electrons. The van der Waals surface area contributed by atoms with Crippen LogP contribution in [0.15, 0.2) is 73.1 Å². The topological polar surface area (TPSA) is 8.81 Å². The second-order valence-corrected chi connectivity index (χ2v) is 5.79. The summed E-state index contributed by atoms with van der Waals surface area (Å²) in [5.74, 6) is 0. The molecular formula is C20H19N2+. The molecule has 0 atom stereocenters. The fraction of sp³-hybridized carbons (Fsp3) is 0.150. The zero-order valence-corrected chi connectivity index (χ0v) is 12.7. The van der Waals surface area contributed by atoms with E-state index in [2.05, 4.69) is 89.2 Å². The van der Waals surface area contributed by atoms with E-state index in [1.165, 1.54) is 27.4 Å². The van der Waals surface area contributed by atoms with Crippen LogP contribution in [0, 0.1) is 0 Å². The average Bonchev–Trinajstić information content (AvgIpc) is 2.89. The Hall–Kier alpha value is -2.61. The van der Waals surface area contributed by atoms with E-state index in [-0.39, 0.29) is 0 Å². The normalized spacial score (nSPS) is 11.3. The number of aryl methyl sites for hydroxylation is 3. The molecule has 0 aliphatic heterocycles. The molecule has 0 saturated heterocycles. The van der Waals surface area contributed by atoms with E-state index >= 15 is 0 Å². The molecule has 0 radical (unpaired) electrons. The van der Waals surface area contributed by atoms with Crippen LogP contribution in [0.1, 0.15) is 5.56 Å². The van der Waals surface area contributed by atoms with Crippen molar-refractivity contribution in [2.45, 2.75) is 13.0 Å². The Labute approximate surface area is 130 Å². The third-order valence-corrected chi connectivity index (χ3v) is 4.39. The van der Waals surface area contributed by atoms with Gasteiger partial charge in [-0.1, -0.05) is 30.3 Å². The van der Waals surface area contributed by atoms with Gasteiger partial charge >= 0.3 is 0 Å². The summed E-state index contributed by atoms with van der Waals surface area (Å²) in [4.78, 5) is 0. The van der Waals surface area contributed by atoms with Gasteiger partial charge in [0.25, 0.3) is 0 Å². The summed E-state index contributed by atoms with van der Waals surface area (Å²) in [6, 6.07) is 21.5. The van der Waals surface area contributed by atoms with E-state index in [1.54, 1.807) is 0 Å². The highest BCUT2D eigenvalue weighted by Crippen LogP contribution is 2.20. The van der Waals surface area contributed by atoms with Crippen molar-refractivity contribution >= 4 is 21.8 Å². The molecular weight excluding hydrogens is 268 g/mol. The molecule has 0 amide bonds. The third kappa shape index (κ3) is 2.17. The van der Waals surface area contributed by atoms with E-state index in [4.69, 9.17) is 0 Å². The predicted octanol–water partition coefficient (Wildman–Crippen LogP) is 3.86. The van der Waals surface area contributed by atoms with Crippen LogP contribution >= 0.6 is 0 Å². The largest absolute Gasteiger partial charge is 0.350 e. The minimum Gasteiger partial charge on any atom is -0.350 e. The lowest BCUT2D eigenvalue weighted by atomic mass is 10.1. The molecule has 0 bridgehead atoms. The van der Waals surface area contributed by atoms with Crippen LogP contribution in [0.5, 0.6) is 0 Å². The number of hydrogen-bond acceptors (Lipinski definition) is 0. The van der Waals surface area contributed by atoms with Crippen molar-refractivity contribution in [2.24, 2.45) is 7.05 Å². The van der Waals surface area contributed by atoms with Gasteiger partial charge in [0.2, 0.25) is 5.52 Å². The van der Waals surface area contributed by atoms with Crippen molar-refractivity contribution in [3.63, 3.8) is 0 Å². The Morgan fingerprint density at radius 1 is 0.909 bits per heavy atom. The number of fused-ring (bicyclic) bond motifs is 2. The van der Waals surface area contributed by atoms with Crippen molar-refractivity contribution in [2.75, 3.05) is 0 Å². The molecule has 0 spiro atoms. The van der Waals surface area contributed by atoms with E-state index < -0.39 is 0 Å². The van der Waals surface area contributed by atoms with Gasteiger partial charge in [0.05, 0.1) is 0 Å². The monoisotopic (exact) mass is 287 g/mol. The van der Waals surface area contributed by atoms with Crippen LogP contribution in [0.3, 0.4) is 0 Å². The summed E-state index contributed by atoms with van der Waals surface area (Å²) >= 11 is 0. The molecule has 2 aromatic heterocycles. The number of benzene rings is 2. The molecule has 0 fully saturated rings. The lowest BCUT2D eigenvalue weighted by Crippen LogP contribution is -2.35. The number of rotatable bonds is 3. The van der Waals surface area contributed by atoms with Crippen LogP contribution in [-0.4, -0.2) is 4.57 Å². The molecule has 0 aliphatic rings. The predicted molar refractivity (Wildman–Crippen MR) is 90.8 cm³/mol. The molecule has 22 heavy (non-hydrogen) atoms. The van der Waals surface area contributed by atoms with Crippen LogP contribution in [0.4, 0.5) is 0 Å². The lowest BCUT2D eigenvalue weighted by molar-refractivity contribution is -0.670. The Bertz CT molecular complexity index is 945. The maximum absolute atomic E-state index is 2.34. The highest BCUT2D eigenvalue weighted by molar-refractivity contribution is 5.83. The standard InChI is InChI=1S/C20H19N2/c1-21-15-17(18-9-3-5-11-20(18)21)12-14-22-13-6-8-16-7-2-4-10-19(16)22/h2-11,13,15H,12,14H2,1H3/q+1. The molecule has 2 nitrogen and oxygen atoms in total. The number of pyridine rings is 1. The Morgan fingerprint density at radius 2 is 1.68 bits per heavy atom. The lowest BCUT2D eigenvalue weighted by Gasteiger charge is -2.01. The zero-order valence-electron chi connectivity index (χ0n) is 12.7. The second-order valence-electron chi connectivity index (χ2n) is 5.79. The quantitative estimate of drug-likeness (QED) is 0.506. The highest BCUT2D eigenvalue weighted by Gasteiger charge is 2.11. The van der Waals surface area contributed by atoms with Gasteiger partial charge < -0.3 is 4.57 Å². The van der Waals surface area contributed by atoms with Gasteiger partial charge in [-0.05, 0) is 23.8 Å². The van der Waals surface area contributed by atoms with Crippen LogP contribution in [0.25, 0.3) is 21.8 Å². The van der Waals surface area contributed by atoms with Crippen molar-refractivity contribution in [3.05, 3.63) is 78.6 Å². The molecule has 4 rings (SSSR count). The summed E-state index contributed by atoms with van der Waals surface area (Å²) in [6.07, 6.45) is 5.48. The van der Waals surface area contributed by atoms with E-state index in [1.807, 2.05) is 0 Å². The van der Waals surface area contributed by atoms with Gasteiger partial charge in [-0.2, -0.15) is 4.57 Å². The van der Waals surface area contributed by atoms with Gasteiger partial charge in [0.1, 0.15) is 0 Å². The average molecular weight is 287 g/mol. The van der Waals surface area contributed by atoms with Gasteiger partial charge in [-0.3, -0.25) is 0 Å². The van der Waals surface area contributed by atoms with Gasteiger partial charge in [0, 0.05) is 48.1 Å². The fourth-order valence-corrected chi connectivity index (χ4v) is 3.28. The van der Waals surface area contributed by atoms with E-state index in [0.717, 1.165) is 13.0 Å². The first-order chi connectivity index (χ1) is 10.8. The maximum Gasteiger partial charge on any atom is 0.212 e. The molecule has 4 aromatic rings. The van der Waals surface area contributed by atoms with Crippen LogP contribution < -0.4 is 4.57 Å². The molecule has 2 heterocycles. The molecule has 0 aliphatic carbocycles. The Morgan fingerprint density at radius 3 is 2.64 bits per heavy atom.